The van der Waals surface area contributed by atoms with E-state index in [0.29, 0.717) is 23.8 Å². The SMILES string of the molecule is C=CCn1c(SCC(=O)Nc2cccc(C)c2C)nnc1C1CCCN1C(=O)c1ccc(C)cc1. The predicted molar refractivity (Wildman–Crippen MR) is 140 cm³/mol. The summed E-state index contributed by atoms with van der Waals surface area (Å²) in [6.45, 7) is 11.1. The molecule has 2 heterocycles. The summed E-state index contributed by atoms with van der Waals surface area (Å²) in [4.78, 5) is 27.8. The second kappa shape index (κ2) is 10.9. The van der Waals surface area contributed by atoms with Crippen molar-refractivity contribution in [1.29, 1.82) is 0 Å². The zero-order valence-corrected chi connectivity index (χ0v) is 21.3. The van der Waals surface area contributed by atoms with E-state index < -0.39 is 0 Å². The van der Waals surface area contributed by atoms with Gasteiger partial charge in [0, 0.05) is 24.3 Å². The Hall–Kier alpha value is -3.39. The lowest BCUT2D eigenvalue weighted by Crippen LogP contribution is -2.32. The number of rotatable bonds is 8. The first-order valence-electron chi connectivity index (χ1n) is 11.8. The largest absolute Gasteiger partial charge is 0.328 e. The molecule has 7 nitrogen and oxygen atoms in total. The van der Waals surface area contributed by atoms with Crippen LogP contribution < -0.4 is 5.32 Å². The Kier molecular flexibility index (Phi) is 7.70. The monoisotopic (exact) mass is 489 g/mol. The average molecular weight is 490 g/mol. The molecule has 1 aliphatic heterocycles. The summed E-state index contributed by atoms with van der Waals surface area (Å²) in [6, 6.07) is 13.4. The number of carbonyl (C=O) groups is 2. The molecule has 1 unspecified atom stereocenters. The minimum absolute atomic E-state index is 0.00255. The normalized spacial score (nSPS) is 15.3. The first kappa shape index (κ1) is 24.7. The summed E-state index contributed by atoms with van der Waals surface area (Å²) in [5.41, 5.74) is 4.80. The highest BCUT2D eigenvalue weighted by Crippen LogP contribution is 2.34. The molecule has 1 N–H and O–H groups in total. The van der Waals surface area contributed by atoms with Gasteiger partial charge in [0.25, 0.3) is 5.91 Å². The third-order valence-electron chi connectivity index (χ3n) is 6.38. The number of hydrogen-bond acceptors (Lipinski definition) is 5. The molecular formula is C27H31N5O2S. The molecule has 1 fully saturated rings. The number of thioether (sulfide) groups is 1. The van der Waals surface area contributed by atoms with Crippen LogP contribution in [-0.4, -0.2) is 43.8 Å². The van der Waals surface area contributed by atoms with Crippen LogP contribution >= 0.6 is 11.8 Å². The van der Waals surface area contributed by atoms with Gasteiger partial charge >= 0.3 is 0 Å². The van der Waals surface area contributed by atoms with E-state index in [1.807, 2.05) is 72.7 Å². The standard InChI is InChI=1S/C27H31N5O2S/c1-5-15-32-25(23-10-7-16-31(23)26(34)21-13-11-18(2)12-14-21)29-30-27(32)35-17-24(33)28-22-9-6-8-19(3)20(22)4/h5-6,8-9,11-14,23H,1,7,10,15-17H2,2-4H3,(H,28,33). The van der Waals surface area contributed by atoms with Crippen molar-refractivity contribution in [3.8, 4) is 0 Å². The molecule has 1 saturated heterocycles. The van der Waals surface area contributed by atoms with E-state index in [1.54, 1.807) is 6.08 Å². The van der Waals surface area contributed by atoms with Gasteiger partial charge in [-0.1, -0.05) is 47.7 Å². The lowest BCUT2D eigenvalue weighted by Gasteiger charge is -2.24. The molecule has 8 heteroatoms. The summed E-state index contributed by atoms with van der Waals surface area (Å²) in [5, 5.41) is 12.5. The number of likely N-dealkylation sites (tertiary alicyclic amines) is 1. The maximum absolute atomic E-state index is 13.2. The van der Waals surface area contributed by atoms with Crippen molar-refractivity contribution in [2.75, 3.05) is 17.6 Å². The highest BCUT2D eigenvalue weighted by molar-refractivity contribution is 7.99. The molecular weight excluding hydrogens is 458 g/mol. The third kappa shape index (κ3) is 5.48. The van der Waals surface area contributed by atoms with Crippen molar-refractivity contribution in [2.24, 2.45) is 0 Å². The number of aryl methyl sites for hydroxylation is 2. The van der Waals surface area contributed by atoms with Crippen molar-refractivity contribution >= 4 is 29.3 Å². The number of amides is 2. The smallest absolute Gasteiger partial charge is 0.254 e. The number of hydrogen-bond donors (Lipinski definition) is 1. The first-order chi connectivity index (χ1) is 16.9. The van der Waals surface area contributed by atoms with Gasteiger partial charge in [-0.05, 0) is 62.9 Å². The van der Waals surface area contributed by atoms with Gasteiger partial charge in [-0.3, -0.25) is 9.59 Å². The molecule has 0 saturated carbocycles. The minimum Gasteiger partial charge on any atom is -0.328 e. The number of allylic oxidation sites excluding steroid dienone is 1. The van der Waals surface area contributed by atoms with Gasteiger partial charge in [-0.25, -0.2) is 0 Å². The van der Waals surface area contributed by atoms with E-state index >= 15 is 0 Å². The molecule has 4 rings (SSSR count). The quantitative estimate of drug-likeness (QED) is 0.352. The van der Waals surface area contributed by atoms with Crippen LogP contribution in [0, 0.1) is 20.8 Å². The Morgan fingerprint density at radius 3 is 2.66 bits per heavy atom. The van der Waals surface area contributed by atoms with E-state index in [-0.39, 0.29) is 23.6 Å². The van der Waals surface area contributed by atoms with Crippen molar-refractivity contribution in [3.05, 3.63) is 83.2 Å². The fourth-order valence-corrected chi connectivity index (χ4v) is 5.05. The number of nitrogens with zero attached hydrogens (tertiary/aromatic N) is 4. The van der Waals surface area contributed by atoms with Crippen LogP contribution in [0.15, 0.2) is 60.3 Å². The van der Waals surface area contributed by atoms with Crippen molar-refractivity contribution in [3.63, 3.8) is 0 Å². The number of benzene rings is 2. The Morgan fingerprint density at radius 1 is 1.14 bits per heavy atom. The predicted octanol–water partition coefficient (Wildman–Crippen LogP) is 5.10. The Bertz CT molecular complexity index is 1230. The molecule has 2 amide bonds. The molecule has 3 aromatic rings. The fourth-order valence-electron chi connectivity index (χ4n) is 4.30. The molecule has 2 aromatic carbocycles. The molecule has 1 aliphatic rings. The van der Waals surface area contributed by atoms with Gasteiger partial charge in [-0.2, -0.15) is 0 Å². The molecule has 35 heavy (non-hydrogen) atoms. The van der Waals surface area contributed by atoms with Crippen LogP contribution in [0.25, 0.3) is 0 Å². The number of carbonyl (C=O) groups excluding carboxylic acids is 2. The maximum atomic E-state index is 13.2. The maximum Gasteiger partial charge on any atom is 0.254 e. The Labute approximate surface area is 210 Å². The van der Waals surface area contributed by atoms with Crippen LogP contribution in [0.2, 0.25) is 0 Å². The highest BCUT2D eigenvalue weighted by atomic mass is 32.2. The lowest BCUT2D eigenvalue weighted by atomic mass is 10.1. The first-order valence-corrected chi connectivity index (χ1v) is 12.8. The molecule has 0 bridgehead atoms. The van der Waals surface area contributed by atoms with Crippen LogP contribution in [0.3, 0.4) is 0 Å². The summed E-state index contributed by atoms with van der Waals surface area (Å²) >= 11 is 1.34. The molecule has 0 spiro atoms. The van der Waals surface area contributed by atoms with Gasteiger partial charge in [0.2, 0.25) is 5.91 Å². The van der Waals surface area contributed by atoms with Crippen LogP contribution in [0.4, 0.5) is 5.69 Å². The topological polar surface area (TPSA) is 80.1 Å². The lowest BCUT2D eigenvalue weighted by molar-refractivity contribution is -0.113. The van der Waals surface area contributed by atoms with E-state index in [0.717, 1.165) is 41.0 Å². The average Bonchev–Trinajstić information content (AvgIpc) is 3.48. The third-order valence-corrected chi connectivity index (χ3v) is 7.35. The van der Waals surface area contributed by atoms with Gasteiger partial charge in [-0.15, -0.1) is 16.8 Å². The molecule has 182 valence electrons. The zero-order valence-electron chi connectivity index (χ0n) is 20.5. The van der Waals surface area contributed by atoms with E-state index in [1.165, 1.54) is 11.8 Å². The Morgan fingerprint density at radius 2 is 1.91 bits per heavy atom. The minimum atomic E-state index is -0.158. The molecule has 0 aliphatic carbocycles. The number of anilines is 1. The van der Waals surface area contributed by atoms with Crippen molar-refractivity contribution in [1.82, 2.24) is 19.7 Å². The van der Waals surface area contributed by atoms with Gasteiger partial charge < -0.3 is 14.8 Å². The second-order valence-electron chi connectivity index (χ2n) is 8.85. The van der Waals surface area contributed by atoms with Gasteiger partial charge in [0.15, 0.2) is 11.0 Å². The number of nitrogens with one attached hydrogen (secondary N) is 1. The number of aromatic nitrogens is 3. The van der Waals surface area contributed by atoms with E-state index in [9.17, 15) is 9.59 Å². The van der Waals surface area contributed by atoms with Crippen molar-refractivity contribution < 1.29 is 9.59 Å². The molecule has 1 aromatic heterocycles. The van der Waals surface area contributed by atoms with Gasteiger partial charge in [0.05, 0.1) is 11.8 Å². The summed E-state index contributed by atoms with van der Waals surface area (Å²) in [5.74, 6) is 0.845. The molecule has 0 radical (unpaired) electrons. The van der Waals surface area contributed by atoms with Crippen molar-refractivity contribution in [2.45, 2.75) is 51.4 Å². The Balaban J connectivity index is 1.49. The van der Waals surface area contributed by atoms with E-state index in [2.05, 4.69) is 22.1 Å². The van der Waals surface area contributed by atoms with Crippen LogP contribution in [-0.2, 0) is 11.3 Å². The summed E-state index contributed by atoms with van der Waals surface area (Å²) in [7, 11) is 0. The summed E-state index contributed by atoms with van der Waals surface area (Å²) in [6.07, 6.45) is 3.52. The van der Waals surface area contributed by atoms with Gasteiger partial charge in [0.1, 0.15) is 0 Å². The van der Waals surface area contributed by atoms with Crippen LogP contribution in [0.5, 0.6) is 0 Å². The molecule has 1 atom stereocenters. The summed E-state index contributed by atoms with van der Waals surface area (Å²) < 4.78 is 1.97. The highest BCUT2D eigenvalue weighted by Gasteiger charge is 2.34. The zero-order chi connectivity index (χ0) is 24.9. The second-order valence-corrected chi connectivity index (χ2v) is 9.79. The fraction of sp³-hybridized carbons (Fsp3) is 0.333. The van der Waals surface area contributed by atoms with Crippen LogP contribution in [0.1, 0.15) is 51.8 Å². The van der Waals surface area contributed by atoms with E-state index in [4.69, 9.17) is 0 Å².